The number of nitro groups is 1. The fourth-order valence-corrected chi connectivity index (χ4v) is 5.09. The third-order valence-electron chi connectivity index (χ3n) is 6.12. The Morgan fingerprint density at radius 3 is 2.50 bits per heavy atom. The number of hydrogen-bond acceptors (Lipinski definition) is 5. The van der Waals surface area contributed by atoms with Gasteiger partial charge in [0.15, 0.2) is 5.41 Å². The Morgan fingerprint density at radius 2 is 1.93 bits per heavy atom. The first-order chi connectivity index (χ1) is 14.4. The van der Waals surface area contributed by atoms with Crippen LogP contribution in [0, 0.1) is 44.1 Å². The van der Waals surface area contributed by atoms with Gasteiger partial charge < -0.3 is 0 Å². The topological polar surface area (TPSA) is 111 Å². The van der Waals surface area contributed by atoms with Crippen molar-refractivity contribution in [1.82, 2.24) is 0 Å². The molecule has 2 aliphatic rings. The van der Waals surface area contributed by atoms with Crippen LogP contribution in [0.15, 0.2) is 61.2 Å². The molecule has 1 aliphatic heterocycles. The van der Waals surface area contributed by atoms with Crippen molar-refractivity contribution in [3.05, 3.63) is 87.4 Å². The smallest absolute Gasteiger partial charge is 0.278 e. The summed E-state index contributed by atoms with van der Waals surface area (Å²) in [5.74, 6) is -1.36. The number of fused-ring (bicyclic) bond motifs is 3. The zero-order valence-electron chi connectivity index (χ0n) is 15.7. The van der Waals surface area contributed by atoms with Crippen LogP contribution in [0.1, 0.15) is 22.3 Å². The fraction of sp³-hybridized carbons (Fsp3) is 0.227. The van der Waals surface area contributed by atoms with E-state index in [1.165, 1.54) is 29.2 Å². The maximum atomic E-state index is 13.6. The van der Waals surface area contributed by atoms with Crippen molar-refractivity contribution in [3.8, 4) is 12.1 Å². The van der Waals surface area contributed by atoms with Gasteiger partial charge in [-0.05, 0) is 36.8 Å². The highest BCUT2D eigenvalue weighted by molar-refractivity contribution is 6.31. The number of anilines is 1. The minimum Gasteiger partial charge on any atom is -0.294 e. The van der Waals surface area contributed by atoms with Gasteiger partial charge in [0.2, 0.25) is 0 Å². The van der Waals surface area contributed by atoms with Gasteiger partial charge in [-0.1, -0.05) is 35.9 Å². The summed E-state index contributed by atoms with van der Waals surface area (Å²) in [6.07, 6.45) is 1.30. The molecule has 2 aromatic rings. The highest BCUT2D eigenvalue weighted by atomic mass is 35.5. The number of carbonyl (C=O) groups excluding carboxylic acids is 1. The summed E-state index contributed by atoms with van der Waals surface area (Å²) in [5, 5.41) is 32.9. The lowest BCUT2D eigenvalue weighted by molar-refractivity contribution is -0.585. The van der Waals surface area contributed by atoms with Gasteiger partial charge in [-0.15, -0.1) is 6.58 Å². The predicted octanol–water partition coefficient (Wildman–Crippen LogP) is 4.08. The van der Waals surface area contributed by atoms with Gasteiger partial charge in [0.25, 0.3) is 11.4 Å². The SMILES string of the molecule is C=CC1CC(C#N)(C#N)C2N(C(=O)c3ccccc3)c3cc(Cl)ccc3[C@]12[N+](=O)[O-]. The van der Waals surface area contributed by atoms with Gasteiger partial charge in [-0.3, -0.25) is 19.8 Å². The van der Waals surface area contributed by atoms with Gasteiger partial charge in [-0.2, -0.15) is 10.5 Å². The number of benzene rings is 2. The molecule has 1 amide bonds. The molecule has 0 spiro atoms. The summed E-state index contributed by atoms with van der Waals surface area (Å²) in [6.45, 7) is 3.73. The number of halogens is 1. The van der Waals surface area contributed by atoms with Crippen molar-refractivity contribution in [2.24, 2.45) is 11.3 Å². The Hall–Kier alpha value is -3.68. The van der Waals surface area contributed by atoms with Crippen LogP contribution in [0.4, 0.5) is 5.69 Å². The second-order valence-corrected chi connectivity index (χ2v) is 7.87. The molecule has 148 valence electrons. The van der Waals surface area contributed by atoms with E-state index in [0.29, 0.717) is 0 Å². The summed E-state index contributed by atoms with van der Waals surface area (Å²) in [5.41, 5.74) is -2.89. The van der Waals surface area contributed by atoms with E-state index in [9.17, 15) is 25.4 Å². The minimum absolute atomic E-state index is 0.101. The number of carbonyl (C=O) groups is 1. The largest absolute Gasteiger partial charge is 0.294 e. The molecule has 1 heterocycles. The normalized spacial score (nSPS) is 25.5. The summed E-state index contributed by atoms with van der Waals surface area (Å²) in [7, 11) is 0. The molecule has 1 aliphatic carbocycles. The van der Waals surface area contributed by atoms with Crippen LogP contribution in [-0.4, -0.2) is 16.9 Å². The highest BCUT2D eigenvalue weighted by Crippen LogP contribution is 2.63. The van der Waals surface area contributed by atoms with Crippen molar-refractivity contribution in [2.45, 2.75) is 18.0 Å². The minimum atomic E-state index is -1.88. The molecule has 0 saturated heterocycles. The van der Waals surface area contributed by atoms with Crippen molar-refractivity contribution in [3.63, 3.8) is 0 Å². The van der Waals surface area contributed by atoms with Gasteiger partial charge in [-0.25, -0.2) is 0 Å². The van der Waals surface area contributed by atoms with Crippen molar-refractivity contribution in [2.75, 3.05) is 4.90 Å². The number of nitriles is 2. The van der Waals surface area contributed by atoms with Crippen LogP contribution in [0.2, 0.25) is 5.02 Å². The first kappa shape index (κ1) is 19.6. The molecule has 2 unspecified atom stereocenters. The molecule has 0 radical (unpaired) electrons. The second kappa shape index (κ2) is 6.69. The fourth-order valence-electron chi connectivity index (χ4n) is 4.92. The van der Waals surface area contributed by atoms with Crippen LogP contribution in [0.3, 0.4) is 0 Å². The Morgan fingerprint density at radius 1 is 1.27 bits per heavy atom. The second-order valence-electron chi connectivity index (χ2n) is 7.43. The van der Waals surface area contributed by atoms with Crippen LogP contribution in [0.5, 0.6) is 0 Å². The third kappa shape index (κ3) is 2.27. The number of hydrogen-bond donors (Lipinski definition) is 0. The Balaban J connectivity index is 2.09. The number of amides is 1. The highest BCUT2D eigenvalue weighted by Gasteiger charge is 2.77. The molecular weight excluding hydrogens is 404 g/mol. The molecule has 8 heteroatoms. The summed E-state index contributed by atoms with van der Waals surface area (Å²) >= 11 is 6.17. The van der Waals surface area contributed by atoms with Gasteiger partial charge in [0, 0.05) is 15.5 Å². The number of rotatable bonds is 3. The average molecular weight is 419 g/mol. The van der Waals surface area contributed by atoms with E-state index in [0.717, 1.165) is 0 Å². The van der Waals surface area contributed by atoms with Gasteiger partial charge >= 0.3 is 0 Å². The molecule has 0 aromatic heterocycles. The monoisotopic (exact) mass is 418 g/mol. The van der Waals surface area contributed by atoms with E-state index in [2.05, 4.69) is 6.58 Å². The molecule has 0 N–H and O–H groups in total. The van der Waals surface area contributed by atoms with Crippen LogP contribution < -0.4 is 4.90 Å². The Labute approximate surface area is 177 Å². The van der Waals surface area contributed by atoms with Crippen molar-refractivity contribution < 1.29 is 9.72 Å². The molecule has 7 nitrogen and oxygen atoms in total. The zero-order valence-corrected chi connectivity index (χ0v) is 16.4. The van der Waals surface area contributed by atoms with Crippen molar-refractivity contribution in [1.29, 1.82) is 10.5 Å². The van der Waals surface area contributed by atoms with E-state index in [4.69, 9.17) is 11.6 Å². The van der Waals surface area contributed by atoms with E-state index in [1.54, 1.807) is 30.3 Å². The Kier molecular flexibility index (Phi) is 4.38. The van der Waals surface area contributed by atoms with E-state index in [-0.39, 0.29) is 28.3 Å². The lowest BCUT2D eigenvalue weighted by Crippen LogP contribution is -2.55. The molecule has 3 atom stereocenters. The van der Waals surface area contributed by atoms with Crippen LogP contribution in [0.25, 0.3) is 0 Å². The van der Waals surface area contributed by atoms with E-state index >= 15 is 0 Å². The summed E-state index contributed by atoms with van der Waals surface area (Å²) in [4.78, 5) is 26.9. The molecule has 30 heavy (non-hydrogen) atoms. The molecule has 2 aromatic carbocycles. The number of nitrogens with zero attached hydrogens (tertiary/aromatic N) is 4. The lowest BCUT2D eigenvalue weighted by Gasteiger charge is -2.32. The van der Waals surface area contributed by atoms with Crippen LogP contribution >= 0.6 is 11.6 Å². The zero-order chi connectivity index (χ0) is 21.7. The maximum absolute atomic E-state index is 13.6. The van der Waals surface area contributed by atoms with Gasteiger partial charge in [0.1, 0.15) is 6.04 Å². The Bertz CT molecular complexity index is 1150. The van der Waals surface area contributed by atoms with Crippen molar-refractivity contribution >= 4 is 23.2 Å². The molecule has 0 bridgehead atoms. The molecule has 4 rings (SSSR count). The summed E-state index contributed by atoms with van der Waals surface area (Å²) in [6, 6.07) is 15.4. The third-order valence-corrected chi connectivity index (χ3v) is 6.36. The van der Waals surface area contributed by atoms with Gasteiger partial charge in [0.05, 0.1) is 29.3 Å². The first-order valence-corrected chi connectivity index (χ1v) is 9.53. The predicted molar refractivity (Wildman–Crippen MR) is 109 cm³/mol. The maximum Gasteiger partial charge on any atom is 0.278 e. The first-order valence-electron chi connectivity index (χ1n) is 9.15. The van der Waals surface area contributed by atoms with Crippen LogP contribution in [-0.2, 0) is 5.54 Å². The van der Waals surface area contributed by atoms with E-state index in [1.807, 2.05) is 12.1 Å². The van der Waals surface area contributed by atoms with E-state index < -0.39 is 33.7 Å². The lowest BCUT2D eigenvalue weighted by atomic mass is 9.78. The standard InChI is InChI=1S/C22H15ClN4O3/c1-2-15-11-21(12-24,13-25)20-22(15,27(29)30)17-9-8-16(23)10-18(17)26(20)19(28)14-6-4-3-5-7-14/h2-10,15,20H,1,11H2/t15?,20?,22-/m1/s1. The molecule has 1 saturated carbocycles. The summed E-state index contributed by atoms with van der Waals surface area (Å²) < 4.78 is 0. The molecular formula is C22H15ClN4O3. The quantitative estimate of drug-likeness (QED) is 0.423. The molecule has 1 fully saturated rings. The average Bonchev–Trinajstić information content (AvgIpc) is 3.23.